The molecule has 55 heavy (non-hydrogen) atoms. The molecule has 10 heteroatoms. The fourth-order valence-electron chi connectivity index (χ4n) is 6.39. The Morgan fingerprint density at radius 2 is 1.11 bits per heavy atom. The van der Waals surface area contributed by atoms with Gasteiger partial charge in [-0.2, -0.15) is 0 Å². The summed E-state index contributed by atoms with van der Waals surface area (Å²) >= 11 is 0. The molecule has 0 spiro atoms. The molecule has 294 valence electrons. The van der Waals surface area contributed by atoms with Crippen molar-refractivity contribution in [1.29, 1.82) is 0 Å². The third-order valence-corrected chi connectivity index (χ3v) is 8.62. The first-order chi connectivity index (χ1) is 26.0. The Hall–Kier alpha value is -5.06. The molecule has 10 nitrogen and oxygen atoms in total. The van der Waals surface area contributed by atoms with E-state index >= 15 is 0 Å². The molecule has 5 rings (SSSR count). The lowest BCUT2D eigenvalue weighted by molar-refractivity contribution is -0.149. The molecule has 1 saturated heterocycles. The second-order valence-electron chi connectivity index (χ2n) is 16.3. The fraction of sp³-hybridized carbons (Fsp3) is 0.422. The van der Waals surface area contributed by atoms with Crippen LogP contribution in [0.1, 0.15) is 90.1 Å². The zero-order chi connectivity index (χ0) is 39.6. The molecule has 0 radical (unpaired) electrons. The Morgan fingerprint density at radius 3 is 1.60 bits per heavy atom. The molecule has 4 aromatic carbocycles. The quantitative estimate of drug-likeness (QED) is 0.131. The maximum absolute atomic E-state index is 13.4. The summed E-state index contributed by atoms with van der Waals surface area (Å²) in [5, 5.41) is 6.17. The van der Waals surface area contributed by atoms with E-state index in [4.69, 9.17) is 28.4 Å². The second kappa shape index (κ2) is 18.0. The van der Waals surface area contributed by atoms with E-state index < -0.39 is 42.3 Å². The molecule has 0 saturated carbocycles. The summed E-state index contributed by atoms with van der Waals surface area (Å²) in [6.07, 6.45) is -1.63. The van der Waals surface area contributed by atoms with Gasteiger partial charge in [-0.15, -0.1) is 0 Å². The number of hydrogen-bond donors (Lipinski definition) is 2. The number of nitrogens with one attached hydrogen (secondary N) is 2. The average molecular weight is 753 g/mol. The van der Waals surface area contributed by atoms with Crippen molar-refractivity contribution >= 4 is 12.2 Å². The lowest BCUT2D eigenvalue weighted by atomic mass is 9.92. The molecule has 1 aliphatic heterocycles. The number of carbonyl (C=O) groups excluding carboxylic acids is 2. The van der Waals surface area contributed by atoms with Crippen LogP contribution in [-0.4, -0.2) is 47.4 Å². The van der Waals surface area contributed by atoms with E-state index in [2.05, 4.69) is 10.6 Å². The maximum Gasteiger partial charge on any atom is 0.407 e. The molecule has 4 unspecified atom stereocenters. The van der Waals surface area contributed by atoms with Crippen LogP contribution in [0, 0.1) is 0 Å². The summed E-state index contributed by atoms with van der Waals surface area (Å²) in [5.41, 5.74) is 2.80. The number of carbonyl (C=O) groups is 2. The number of alkyl carbamates (subject to hydrolysis) is 2. The van der Waals surface area contributed by atoms with Crippen LogP contribution < -0.4 is 20.1 Å². The second-order valence-corrected chi connectivity index (χ2v) is 16.3. The first kappa shape index (κ1) is 41.1. The molecule has 0 bridgehead atoms. The standard InChI is InChI=1S/C45H56N2O8/c1-43(2,3)52-35-23-19-31(20-24-35)27-38(47-42(49)51-30-33-17-13-10-14-18-33)40-39(54-45(7,8)55-40)28-37(34-21-25-36(26-22-34)53-44(4,5)6)46-41(48)50-29-32-15-11-9-12-16-32/h9-26,37-40H,27-30H2,1-8H3,(H,46,48)(H,47,49). The van der Waals surface area contributed by atoms with Crippen LogP contribution in [0.15, 0.2) is 109 Å². The summed E-state index contributed by atoms with van der Waals surface area (Å²) in [5.74, 6) is 0.462. The van der Waals surface area contributed by atoms with Crippen LogP contribution in [0.25, 0.3) is 0 Å². The highest BCUT2D eigenvalue weighted by molar-refractivity contribution is 5.68. The van der Waals surface area contributed by atoms with Gasteiger partial charge in [-0.05, 0) is 108 Å². The number of rotatable bonds is 14. The lowest BCUT2D eigenvalue weighted by Gasteiger charge is -2.30. The first-order valence-corrected chi connectivity index (χ1v) is 18.9. The van der Waals surface area contributed by atoms with Gasteiger partial charge in [0, 0.05) is 6.42 Å². The molecular weight excluding hydrogens is 697 g/mol. The van der Waals surface area contributed by atoms with Crippen LogP contribution in [0.5, 0.6) is 11.5 Å². The predicted octanol–water partition coefficient (Wildman–Crippen LogP) is 9.46. The molecule has 2 amide bonds. The Bertz CT molecular complexity index is 1800. The van der Waals surface area contributed by atoms with Crippen molar-refractivity contribution < 1.29 is 38.0 Å². The Kier molecular flexibility index (Phi) is 13.5. The molecule has 4 aromatic rings. The molecule has 0 aromatic heterocycles. The Balaban J connectivity index is 1.40. The van der Waals surface area contributed by atoms with Crippen molar-refractivity contribution in [3.63, 3.8) is 0 Å². The minimum absolute atomic E-state index is 0.112. The van der Waals surface area contributed by atoms with Crippen LogP contribution in [0.2, 0.25) is 0 Å². The first-order valence-electron chi connectivity index (χ1n) is 18.9. The van der Waals surface area contributed by atoms with Crippen LogP contribution >= 0.6 is 0 Å². The Morgan fingerprint density at radius 1 is 0.636 bits per heavy atom. The number of benzene rings is 4. The van der Waals surface area contributed by atoms with Crippen molar-refractivity contribution in [3.8, 4) is 11.5 Å². The van der Waals surface area contributed by atoms with Gasteiger partial charge in [0.05, 0.1) is 18.2 Å². The minimum atomic E-state index is -0.990. The van der Waals surface area contributed by atoms with Gasteiger partial charge in [0.25, 0.3) is 0 Å². The molecule has 2 N–H and O–H groups in total. The van der Waals surface area contributed by atoms with E-state index in [1.807, 2.05) is 165 Å². The van der Waals surface area contributed by atoms with Crippen molar-refractivity contribution in [1.82, 2.24) is 10.6 Å². The molecule has 1 aliphatic rings. The van der Waals surface area contributed by atoms with Crippen molar-refractivity contribution in [2.24, 2.45) is 0 Å². The van der Waals surface area contributed by atoms with Crippen LogP contribution in [0.3, 0.4) is 0 Å². The maximum atomic E-state index is 13.4. The predicted molar refractivity (Wildman–Crippen MR) is 212 cm³/mol. The number of ether oxygens (including phenoxy) is 6. The zero-order valence-corrected chi connectivity index (χ0v) is 33.3. The van der Waals surface area contributed by atoms with Gasteiger partial charge in [0.1, 0.15) is 42.0 Å². The summed E-state index contributed by atoms with van der Waals surface area (Å²) in [7, 11) is 0. The normalized spacial score (nSPS) is 17.7. The fourth-order valence-corrected chi connectivity index (χ4v) is 6.39. The SMILES string of the molecule is CC(C)(C)Oc1ccc(CC(NC(=O)OCc2ccccc2)C2OC(C)(C)OC2CC(NC(=O)OCc2ccccc2)c2ccc(OC(C)(C)C)cc2)cc1. The van der Waals surface area contributed by atoms with Gasteiger partial charge < -0.3 is 39.1 Å². The number of amides is 2. The molecule has 1 fully saturated rings. The van der Waals surface area contributed by atoms with Gasteiger partial charge in [0.2, 0.25) is 0 Å². The zero-order valence-electron chi connectivity index (χ0n) is 33.3. The summed E-state index contributed by atoms with van der Waals surface area (Å²) in [4.78, 5) is 26.8. The highest BCUT2D eigenvalue weighted by atomic mass is 16.8. The smallest absolute Gasteiger partial charge is 0.407 e. The van der Waals surface area contributed by atoms with Crippen LogP contribution in [0.4, 0.5) is 9.59 Å². The van der Waals surface area contributed by atoms with Gasteiger partial charge in [-0.1, -0.05) is 84.9 Å². The van der Waals surface area contributed by atoms with E-state index in [1.54, 1.807) is 0 Å². The van der Waals surface area contributed by atoms with E-state index in [1.165, 1.54) is 0 Å². The van der Waals surface area contributed by atoms with Crippen molar-refractivity contribution in [2.45, 2.75) is 123 Å². The van der Waals surface area contributed by atoms with Gasteiger partial charge in [0.15, 0.2) is 5.79 Å². The average Bonchev–Trinajstić information content (AvgIpc) is 3.43. The van der Waals surface area contributed by atoms with E-state index in [-0.39, 0.29) is 24.4 Å². The third-order valence-electron chi connectivity index (χ3n) is 8.62. The minimum Gasteiger partial charge on any atom is -0.488 e. The molecule has 4 atom stereocenters. The largest absolute Gasteiger partial charge is 0.488 e. The molecule has 0 aliphatic carbocycles. The Labute approximate surface area is 325 Å². The summed E-state index contributed by atoms with van der Waals surface area (Å²) in [6.45, 7) is 15.9. The van der Waals surface area contributed by atoms with E-state index in [9.17, 15) is 9.59 Å². The third kappa shape index (κ3) is 13.6. The topological polar surface area (TPSA) is 114 Å². The van der Waals surface area contributed by atoms with Crippen molar-refractivity contribution in [3.05, 3.63) is 131 Å². The highest BCUT2D eigenvalue weighted by Gasteiger charge is 2.47. The number of hydrogen-bond acceptors (Lipinski definition) is 8. The lowest BCUT2D eigenvalue weighted by Crippen LogP contribution is -2.50. The molecular formula is C45H56N2O8. The van der Waals surface area contributed by atoms with Gasteiger partial charge in [-0.3, -0.25) is 0 Å². The summed E-state index contributed by atoms with van der Waals surface area (Å²) in [6, 6.07) is 33.3. The van der Waals surface area contributed by atoms with E-state index in [0.29, 0.717) is 18.6 Å². The van der Waals surface area contributed by atoms with Crippen LogP contribution in [-0.2, 0) is 38.6 Å². The monoisotopic (exact) mass is 752 g/mol. The van der Waals surface area contributed by atoms with Gasteiger partial charge in [-0.25, -0.2) is 9.59 Å². The van der Waals surface area contributed by atoms with E-state index in [0.717, 1.165) is 28.0 Å². The summed E-state index contributed by atoms with van der Waals surface area (Å²) < 4.78 is 36.6. The van der Waals surface area contributed by atoms with Gasteiger partial charge >= 0.3 is 12.2 Å². The highest BCUT2D eigenvalue weighted by Crippen LogP contribution is 2.36. The van der Waals surface area contributed by atoms with Crippen molar-refractivity contribution in [2.75, 3.05) is 0 Å². The molecule has 1 heterocycles.